The summed E-state index contributed by atoms with van der Waals surface area (Å²) in [7, 11) is 0. The van der Waals surface area contributed by atoms with E-state index in [1.165, 1.54) is 11.0 Å². The number of hydrogen-bond donors (Lipinski definition) is 1. The first-order valence-electron chi connectivity index (χ1n) is 6.24. The van der Waals surface area contributed by atoms with E-state index in [1.54, 1.807) is 23.0 Å². The van der Waals surface area contributed by atoms with Crippen molar-refractivity contribution in [1.82, 2.24) is 19.7 Å². The monoisotopic (exact) mass is 271 g/mol. The third kappa shape index (κ3) is 1.75. The predicted octanol–water partition coefficient (Wildman–Crippen LogP) is 0.676. The Morgan fingerprint density at radius 1 is 1.20 bits per heavy atom. The van der Waals surface area contributed by atoms with Crippen LogP contribution in [0.4, 0.5) is 5.69 Å². The summed E-state index contributed by atoms with van der Waals surface area (Å²) in [5.74, 6) is -0.0893. The van der Waals surface area contributed by atoms with Crippen molar-refractivity contribution in [2.75, 3.05) is 5.73 Å². The van der Waals surface area contributed by atoms with E-state index in [2.05, 4.69) is 10.2 Å². The van der Waals surface area contributed by atoms with Crippen LogP contribution >= 0.6 is 0 Å². The summed E-state index contributed by atoms with van der Waals surface area (Å²) >= 11 is 0. The first-order chi connectivity index (χ1) is 9.61. The topological polar surface area (TPSA) is 94.1 Å². The quantitative estimate of drug-likeness (QED) is 0.654. The Labute approximate surface area is 115 Å². The van der Waals surface area contributed by atoms with Gasteiger partial charge in [-0.2, -0.15) is 0 Å². The average molecular weight is 271 g/mol. The Balaban J connectivity index is 1.94. The molecule has 1 aromatic carbocycles. The molecule has 0 fully saturated rings. The highest BCUT2D eigenvalue weighted by Gasteiger charge is 2.36. The third-order valence-corrected chi connectivity index (χ3v) is 3.33. The molecule has 0 saturated carbocycles. The summed E-state index contributed by atoms with van der Waals surface area (Å²) in [6.45, 7) is 2.73. The number of nitrogen functional groups attached to an aromatic ring is 1. The molecular weight excluding hydrogens is 258 g/mol. The van der Waals surface area contributed by atoms with Crippen LogP contribution in [0.5, 0.6) is 0 Å². The van der Waals surface area contributed by atoms with Gasteiger partial charge in [-0.25, -0.2) is 0 Å². The molecule has 0 unspecified atom stereocenters. The fraction of sp³-hybridized carbons (Fsp3) is 0.231. The molecule has 1 aromatic heterocycles. The van der Waals surface area contributed by atoms with Crippen molar-refractivity contribution in [1.29, 1.82) is 0 Å². The summed E-state index contributed by atoms with van der Waals surface area (Å²) < 4.78 is 1.79. The van der Waals surface area contributed by atoms with E-state index in [9.17, 15) is 9.59 Å². The van der Waals surface area contributed by atoms with Crippen molar-refractivity contribution in [2.45, 2.75) is 20.0 Å². The molecular formula is C13H13N5O2. The molecule has 0 saturated heterocycles. The number of anilines is 1. The van der Waals surface area contributed by atoms with Gasteiger partial charge in [0.05, 0.1) is 17.7 Å². The second-order valence-electron chi connectivity index (χ2n) is 4.53. The lowest BCUT2D eigenvalue weighted by Gasteiger charge is -2.13. The second-order valence-corrected chi connectivity index (χ2v) is 4.53. The van der Waals surface area contributed by atoms with Crippen molar-refractivity contribution in [3.8, 4) is 0 Å². The number of aryl methyl sites for hydroxylation is 1. The molecule has 2 N–H and O–H groups in total. The van der Waals surface area contributed by atoms with Gasteiger partial charge in [-0.15, -0.1) is 10.2 Å². The number of benzene rings is 1. The largest absolute Gasteiger partial charge is 0.399 e. The average Bonchev–Trinajstić information content (AvgIpc) is 2.98. The second kappa shape index (κ2) is 4.44. The van der Waals surface area contributed by atoms with E-state index in [0.717, 1.165) is 0 Å². The van der Waals surface area contributed by atoms with E-state index < -0.39 is 0 Å². The van der Waals surface area contributed by atoms with Crippen LogP contribution in [-0.4, -0.2) is 31.5 Å². The zero-order valence-electron chi connectivity index (χ0n) is 10.9. The SMILES string of the molecule is CCn1cnnc1CN1C(=O)c2ccc(N)cc2C1=O. The van der Waals surface area contributed by atoms with E-state index in [4.69, 9.17) is 5.73 Å². The van der Waals surface area contributed by atoms with E-state index in [1.807, 2.05) is 6.92 Å². The molecule has 7 nitrogen and oxygen atoms in total. The Morgan fingerprint density at radius 3 is 2.70 bits per heavy atom. The molecule has 2 amide bonds. The number of fused-ring (bicyclic) bond motifs is 1. The van der Waals surface area contributed by atoms with Gasteiger partial charge in [0, 0.05) is 12.2 Å². The Morgan fingerprint density at radius 2 is 1.95 bits per heavy atom. The summed E-state index contributed by atoms with van der Waals surface area (Å²) in [6.07, 6.45) is 1.57. The van der Waals surface area contributed by atoms with Crippen LogP contribution in [0.1, 0.15) is 33.5 Å². The van der Waals surface area contributed by atoms with Crippen molar-refractivity contribution < 1.29 is 9.59 Å². The number of aromatic nitrogens is 3. The zero-order chi connectivity index (χ0) is 14.3. The molecule has 2 aromatic rings. The Hall–Kier alpha value is -2.70. The lowest BCUT2D eigenvalue weighted by Crippen LogP contribution is -2.30. The minimum absolute atomic E-state index is 0.111. The molecule has 0 atom stereocenters. The smallest absolute Gasteiger partial charge is 0.262 e. The summed E-state index contributed by atoms with van der Waals surface area (Å²) in [5, 5.41) is 7.73. The number of carbonyl (C=O) groups excluding carboxylic acids is 2. The molecule has 3 rings (SSSR count). The van der Waals surface area contributed by atoms with Gasteiger partial charge in [0.25, 0.3) is 11.8 Å². The maximum absolute atomic E-state index is 12.3. The van der Waals surface area contributed by atoms with Crippen LogP contribution in [0, 0.1) is 0 Å². The molecule has 0 bridgehead atoms. The van der Waals surface area contributed by atoms with Gasteiger partial charge in [0.2, 0.25) is 0 Å². The lowest BCUT2D eigenvalue weighted by atomic mass is 10.1. The van der Waals surface area contributed by atoms with Crippen LogP contribution in [0.3, 0.4) is 0 Å². The Bertz CT molecular complexity index is 707. The van der Waals surface area contributed by atoms with Gasteiger partial charge in [-0.05, 0) is 25.1 Å². The van der Waals surface area contributed by atoms with Gasteiger partial charge < -0.3 is 10.3 Å². The molecule has 0 aliphatic carbocycles. The lowest BCUT2D eigenvalue weighted by molar-refractivity contribution is 0.0636. The van der Waals surface area contributed by atoms with Crippen LogP contribution in [0.25, 0.3) is 0 Å². The maximum atomic E-state index is 12.3. The first-order valence-corrected chi connectivity index (χ1v) is 6.24. The summed E-state index contributed by atoms with van der Waals surface area (Å²) in [4.78, 5) is 25.7. The van der Waals surface area contributed by atoms with Crippen molar-refractivity contribution >= 4 is 17.5 Å². The highest BCUT2D eigenvalue weighted by Crippen LogP contribution is 2.25. The minimum Gasteiger partial charge on any atom is -0.399 e. The van der Waals surface area contributed by atoms with Crippen LogP contribution in [-0.2, 0) is 13.1 Å². The maximum Gasteiger partial charge on any atom is 0.262 e. The van der Waals surface area contributed by atoms with Crippen molar-refractivity contribution in [3.63, 3.8) is 0 Å². The van der Waals surface area contributed by atoms with Gasteiger partial charge in [-0.1, -0.05) is 0 Å². The number of amides is 2. The number of carbonyl (C=O) groups is 2. The van der Waals surface area contributed by atoms with E-state index in [0.29, 0.717) is 29.2 Å². The van der Waals surface area contributed by atoms with Gasteiger partial charge in [0.1, 0.15) is 6.33 Å². The van der Waals surface area contributed by atoms with Crippen LogP contribution < -0.4 is 5.73 Å². The Kier molecular flexibility index (Phi) is 2.74. The molecule has 20 heavy (non-hydrogen) atoms. The van der Waals surface area contributed by atoms with Crippen LogP contribution in [0.2, 0.25) is 0 Å². The highest BCUT2D eigenvalue weighted by molar-refractivity contribution is 6.21. The number of nitrogens with zero attached hydrogens (tertiary/aromatic N) is 4. The van der Waals surface area contributed by atoms with E-state index in [-0.39, 0.29) is 18.4 Å². The fourth-order valence-electron chi connectivity index (χ4n) is 2.26. The summed E-state index contributed by atoms with van der Waals surface area (Å²) in [6, 6.07) is 4.72. The fourth-order valence-corrected chi connectivity index (χ4v) is 2.26. The molecule has 1 aliphatic rings. The molecule has 1 aliphatic heterocycles. The van der Waals surface area contributed by atoms with Crippen LogP contribution in [0.15, 0.2) is 24.5 Å². The zero-order valence-corrected chi connectivity index (χ0v) is 10.9. The number of rotatable bonds is 3. The van der Waals surface area contributed by atoms with Gasteiger partial charge >= 0.3 is 0 Å². The van der Waals surface area contributed by atoms with Crippen molar-refractivity contribution in [3.05, 3.63) is 41.5 Å². The number of nitrogens with two attached hydrogens (primary N) is 1. The molecule has 102 valence electrons. The first kappa shape index (κ1) is 12.3. The van der Waals surface area contributed by atoms with Gasteiger partial charge in [-0.3, -0.25) is 14.5 Å². The normalized spacial score (nSPS) is 13.9. The molecule has 7 heteroatoms. The van der Waals surface area contributed by atoms with E-state index >= 15 is 0 Å². The molecule has 2 heterocycles. The standard InChI is InChI=1S/C13H13N5O2/c1-2-17-7-15-16-11(17)6-18-12(19)9-4-3-8(14)5-10(9)13(18)20/h3-5,7H,2,6,14H2,1H3. The summed E-state index contributed by atoms with van der Waals surface area (Å²) in [5.41, 5.74) is 6.84. The van der Waals surface area contributed by atoms with Crippen molar-refractivity contribution in [2.24, 2.45) is 0 Å². The van der Waals surface area contributed by atoms with Gasteiger partial charge in [0.15, 0.2) is 5.82 Å². The number of imide groups is 1. The highest BCUT2D eigenvalue weighted by atomic mass is 16.2. The third-order valence-electron chi connectivity index (χ3n) is 3.33. The molecule has 0 radical (unpaired) electrons. The molecule has 0 spiro atoms. The minimum atomic E-state index is -0.344. The number of hydrogen-bond acceptors (Lipinski definition) is 5. The predicted molar refractivity (Wildman–Crippen MR) is 70.8 cm³/mol.